The number of rotatable bonds is 4. The van der Waals surface area contributed by atoms with E-state index in [0.717, 1.165) is 5.69 Å². The number of hydrogen-bond donors (Lipinski definition) is 1. The number of esters is 1. The van der Waals surface area contributed by atoms with E-state index in [1.54, 1.807) is 31.2 Å². The summed E-state index contributed by atoms with van der Waals surface area (Å²) >= 11 is 18.4. The normalized spacial score (nSPS) is 10.7. The molecule has 25 heavy (non-hydrogen) atoms. The second-order valence-corrected chi connectivity index (χ2v) is 6.38. The van der Waals surface area contributed by atoms with Crippen molar-refractivity contribution in [2.24, 2.45) is 0 Å². The lowest BCUT2D eigenvalue weighted by Gasteiger charge is -2.15. The van der Waals surface area contributed by atoms with Crippen molar-refractivity contribution < 1.29 is 9.53 Å². The topological polar surface area (TPSA) is 51.2 Å². The van der Waals surface area contributed by atoms with Crippen molar-refractivity contribution in [3.05, 3.63) is 63.2 Å². The monoisotopic (exact) mass is 394 g/mol. The molecule has 0 amide bonds. The molecule has 0 saturated heterocycles. The van der Waals surface area contributed by atoms with Crippen LogP contribution in [0.4, 0.5) is 11.4 Å². The second-order valence-electron chi connectivity index (χ2n) is 5.16. The van der Waals surface area contributed by atoms with Gasteiger partial charge in [-0.1, -0.05) is 40.9 Å². The lowest BCUT2D eigenvalue weighted by molar-refractivity contribution is 0.0527. The average Bonchev–Trinajstić information content (AvgIpc) is 2.58. The van der Waals surface area contributed by atoms with Crippen molar-refractivity contribution in [3.8, 4) is 0 Å². The van der Waals surface area contributed by atoms with E-state index in [1.807, 2.05) is 12.1 Å². The van der Waals surface area contributed by atoms with Crippen molar-refractivity contribution in [2.45, 2.75) is 6.92 Å². The molecule has 0 aliphatic rings. The number of carbonyl (C=O) groups is 1. The van der Waals surface area contributed by atoms with E-state index in [2.05, 4.69) is 10.3 Å². The Bertz CT molecular complexity index is 960. The van der Waals surface area contributed by atoms with Gasteiger partial charge < -0.3 is 10.1 Å². The molecule has 3 aromatic rings. The van der Waals surface area contributed by atoms with Crippen LogP contribution in [0.15, 0.2) is 42.6 Å². The molecule has 0 bridgehead atoms. The SMILES string of the molecule is CCOC(=O)c1cnc2c(Cl)c(Cl)ccc2c1Nc1cccc(Cl)c1. The Kier molecular flexibility index (Phi) is 5.33. The van der Waals surface area contributed by atoms with Gasteiger partial charge in [-0.05, 0) is 37.3 Å². The Morgan fingerprint density at radius 1 is 1.20 bits per heavy atom. The van der Waals surface area contributed by atoms with E-state index < -0.39 is 5.97 Å². The smallest absolute Gasteiger partial charge is 0.341 e. The quantitative estimate of drug-likeness (QED) is 0.541. The number of nitrogens with one attached hydrogen (secondary N) is 1. The van der Waals surface area contributed by atoms with Crippen LogP contribution in [0, 0.1) is 0 Å². The molecule has 0 fully saturated rings. The van der Waals surface area contributed by atoms with E-state index in [9.17, 15) is 4.79 Å². The third-order valence-corrected chi connectivity index (χ3v) is 4.55. The Morgan fingerprint density at radius 2 is 2.00 bits per heavy atom. The van der Waals surface area contributed by atoms with Crippen LogP contribution in [0.25, 0.3) is 10.9 Å². The average molecular weight is 396 g/mol. The molecule has 128 valence electrons. The van der Waals surface area contributed by atoms with Gasteiger partial charge in [0.25, 0.3) is 0 Å². The maximum Gasteiger partial charge on any atom is 0.341 e. The molecule has 1 heterocycles. The third-order valence-electron chi connectivity index (χ3n) is 3.52. The van der Waals surface area contributed by atoms with Gasteiger partial charge in [-0.25, -0.2) is 4.79 Å². The molecule has 1 N–H and O–H groups in total. The molecule has 0 aliphatic carbocycles. The zero-order chi connectivity index (χ0) is 18.0. The Morgan fingerprint density at radius 3 is 2.72 bits per heavy atom. The summed E-state index contributed by atoms with van der Waals surface area (Å²) in [5.41, 5.74) is 2.04. The van der Waals surface area contributed by atoms with Gasteiger partial charge in [0.15, 0.2) is 0 Å². The van der Waals surface area contributed by atoms with Crippen LogP contribution in [0.2, 0.25) is 15.1 Å². The molecule has 7 heteroatoms. The number of benzene rings is 2. The second kappa shape index (κ2) is 7.48. The van der Waals surface area contributed by atoms with Crippen LogP contribution in [0.5, 0.6) is 0 Å². The van der Waals surface area contributed by atoms with Gasteiger partial charge in [0, 0.05) is 22.3 Å². The number of nitrogens with zero attached hydrogens (tertiary/aromatic N) is 1. The molecule has 0 saturated carbocycles. The highest BCUT2D eigenvalue weighted by Gasteiger charge is 2.19. The number of hydrogen-bond acceptors (Lipinski definition) is 4. The highest BCUT2D eigenvalue weighted by Crippen LogP contribution is 2.36. The first kappa shape index (κ1) is 17.8. The van der Waals surface area contributed by atoms with E-state index in [1.165, 1.54) is 6.20 Å². The number of pyridine rings is 1. The molecular weight excluding hydrogens is 383 g/mol. The molecular formula is C18H13Cl3N2O2. The number of aromatic nitrogens is 1. The lowest BCUT2D eigenvalue weighted by Crippen LogP contribution is -2.09. The van der Waals surface area contributed by atoms with E-state index in [-0.39, 0.29) is 6.61 Å². The van der Waals surface area contributed by atoms with Crippen LogP contribution >= 0.6 is 34.8 Å². The number of fused-ring (bicyclic) bond motifs is 1. The summed E-state index contributed by atoms with van der Waals surface area (Å²) in [5.74, 6) is -0.479. The zero-order valence-electron chi connectivity index (χ0n) is 13.1. The predicted molar refractivity (Wildman–Crippen MR) is 102 cm³/mol. The van der Waals surface area contributed by atoms with E-state index in [0.29, 0.717) is 37.2 Å². The molecule has 3 rings (SSSR count). The zero-order valence-corrected chi connectivity index (χ0v) is 15.4. The first-order valence-corrected chi connectivity index (χ1v) is 8.61. The van der Waals surface area contributed by atoms with Gasteiger partial charge >= 0.3 is 5.97 Å². The molecule has 4 nitrogen and oxygen atoms in total. The Balaban J connectivity index is 2.21. The van der Waals surface area contributed by atoms with Crippen molar-refractivity contribution in [3.63, 3.8) is 0 Å². The number of anilines is 2. The van der Waals surface area contributed by atoms with E-state index in [4.69, 9.17) is 39.5 Å². The number of carbonyl (C=O) groups excluding carboxylic acids is 1. The summed E-state index contributed by atoms with van der Waals surface area (Å²) in [6.07, 6.45) is 1.43. The minimum Gasteiger partial charge on any atom is -0.462 e. The molecule has 0 spiro atoms. The van der Waals surface area contributed by atoms with Crippen LogP contribution in [-0.4, -0.2) is 17.6 Å². The maximum absolute atomic E-state index is 12.3. The van der Waals surface area contributed by atoms with Crippen LogP contribution in [-0.2, 0) is 4.74 Å². The van der Waals surface area contributed by atoms with E-state index >= 15 is 0 Å². The maximum atomic E-state index is 12.3. The number of halogens is 3. The van der Waals surface area contributed by atoms with Gasteiger partial charge in [0.1, 0.15) is 5.56 Å². The summed E-state index contributed by atoms with van der Waals surface area (Å²) in [4.78, 5) is 16.6. The van der Waals surface area contributed by atoms with Gasteiger partial charge in [-0.3, -0.25) is 4.98 Å². The van der Waals surface area contributed by atoms with Gasteiger partial charge in [-0.2, -0.15) is 0 Å². The fourth-order valence-corrected chi connectivity index (χ4v) is 2.97. The van der Waals surface area contributed by atoms with Gasteiger partial charge in [-0.15, -0.1) is 0 Å². The fraction of sp³-hybridized carbons (Fsp3) is 0.111. The summed E-state index contributed by atoms with van der Waals surface area (Å²) in [5, 5.41) is 5.15. The van der Waals surface area contributed by atoms with Crippen LogP contribution < -0.4 is 5.32 Å². The van der Waals surface area contributed by atoms with Crippen LogP contribution in [0.1, 0.15) is 17.3 Å². The van der Waals surface area contributed by atoms with Crippen LogP contribution in [0.3, 0.4) is 0 Å². The minimum atomic E-state index is -0.479. The molecule has 0 unspecified atom stereocenters. The highest BCUT2D eigenvalue weighted by molar-refractivity contribution is 6.45. The first-order chi connectivity index (χ1) is 12.0. The first-order valence-electron chi connectivity index (χ1n) is 7.47. The highest BCUT2D eigenvalue weighted by atomic mass is 35.5. The minimum absolute atomic E-state index is 0.259. The molecule has 2 aromatic carbocycles. The summed E-state index contributed by atoms with van der Waals surface area (Å²) in [6.45, 7) is 2.00. The summed E-state index contributed by atoms with van der Waals surface area (Å²) in [7, 11) is 0. The van der Waals surface area contributed by atoms with Crippen molar-refractivity contribution in [1.82, 2.24) is 4.98 Å². The predicted octanol–water partition coefficient (Wildman–Crippen LogP) is 6.12. The largest absolute Gasteiger partial charge is 0.462 e. The fourth-order valence-electron chi connectivity index (χ4n) is 2.42. The standard InChI is InChI=1S/C18H13Cl3N2O2/c1-2-25-18(24)13-9-22-17-12(6-7-14(20)15(17)21)16(13)23-11-5-3-4-10(19)8-11/h3-9H,2H2,1H3,(H,22,23). The Labute approximate surface area is 159 Å². The Hall–Kier alpha value is -2.01. The molecule has 0 radical (unpaired) electrons. The van der Waals surface area contributed by atoms with Crippen molar-refractivity contribution in [2.75, 3.05) is 11.9 Å². The molecule has 0 atom stereocenters. The molecule has 0 aliphatic heterocycles. The third kappa shape index (κ3) is 3.66. The van der Waals surface area contributed by atoms with Crippen molar-refractivity contribution in [1.29, 1.82) is 0 Å². The number of ether oxygens (including phenoxy) is 1. The van der Waals surface area contributed by atoms with Crippen molar-refractivity contribution >= 4 is 63.0 Å². The summed E-state index contributed by atoms with van der Waals surface area (Å²) in [6, 6.07) is 10.6. The lowest BCUT2D eigenvalue weighted by atomic mass is 10.1. The summed E-state index contributed by atoms with van der Waals surface area (Å²) < 4.78 is 5.13. The molecule has 1 aromatic heterocycles. The van der Waals surface area contributed by atoms with Gasteiger partial charge in [0.05, 0.1) is 27.9 Å². The van der Waals surface area contributed by atoms with Gasteiger partial charge in [0.2, 0.25) is 0 Å².